The van der Waals surface area contributed by atoms with E-state index in [1.54, 1.807) is 0 Å². The van der Waals surface area contributed by atoms with E-state index in [1.165, 1.54) is 5.56 Å². The summed E-state index contributed by atoms with van der Waals surface area (Å²) in [6.45, 7) is 5.04. The van der Waals surface area contributed by atoms with Gasteiger partial charge in [-0.05, 0) is 44.2 Å². The second-order valence-electron chi connectivity index (χ2n) is 5.93. The second kappa shape index (κ2) is 6.61. The quantitative estimate of drug-likeness (QED) is 0.896. The third-order valence-electron chi connectivity index (χ3n) is 4.02. The van der Waals surface area contributed by atoms with E-state index in [-0.39, 0.29) is 11.6 Å². The molecule has 2 aromatic carbocycles. The molecule has 2 atom stereocenters. The molecule has 112 valence electrons. The average molecular weight is 303 g/mol. The number of likely N-dealkylation sites (N-methyl/N-ethyl adjacent to an activating group) is 1. The fourth-order valence-corrected chi connectivity index (χ4v) is 2.69. The molecule has 0 saturated carbocycles. The molecule has 0 radical (unpaired) electrons. The summed E-state index contributed by atoms with van der Waals surface area (Å²) in [6.07, 6.45) is 0. The lowest BCUT2D eigenvalue weighted by atomic mass is 9.92. The Bertz CT molecular complexity index is 564. The minimum atomic E-state index is -0.378. The Morgan fingerprint density at radius 2 is 1.67 bits per heavy atom. The molecule has 0 aromatic heterocycles. The van der Waals surface area contributed by atoms with Gasteiger partial charge in [0, 0.05) is 17.6 Å². The van der Waals surface area contributed by atoms with Crippen LogP contribution in [0.15, 0.2) is 54.6 Å². The van der Waals surface area contributed by atoms with Crippen molar-refractivity contribution in [2.45, 2.75) is 25.4 Å². The van der Waals surface area contributed by atoms with Crippen LogP contribution in [0.2, 0.25) is 5.02 Å². The summed E-state index contributed by atoms with van der Waals surface area (Å²) < 4.78 is 0. The van der Waals surface area contributed by atoms with Crippen molar-refractivity contribution in [3.8, 4) is 0 Å². The topological polar surface area (TPSA) is 29.3 Å². The molecule has 0 heterocycles. The van der Waals surface area contributed by atoms with Gasteiger partial charge in [-0.25, -0.2) is 0 Å². The summed E-state index contributed by atoms with van der Waals surface area (Å²) in [6, 6.07) is 18.5. The van der Waals surface area contributed by atoms with Gasteiger partial charge < -0.3 is 5.73 Å². The predicted octanol–water partition coefficient (Wildman–Crippen LogP) is 4.21. The standard InChI is InChI=1S/C18H23ClN2/c1-14(15-9-11-17(19)12-10-15)21(3)13-18(2,20)16-7-5-4-6-8-16/h4-12,14H,13,20H2,1-3H3. The van der Waals surface area contributed by atoms with Crippen LogP contribution in [0.1, 0.15) is 31.0 Å². The smallest absolute Gasteiger partial charge is 0.0510 e. The number of halogens is 1. The Hall–Kier alpha value is -1.35. The molecule has 2 unspecified atom stereocenters. The molecule has 2 aromatic rings. The van der Waals surface area contributed by atoms with E-state index < -0.39 is 0 Å². The molecule has 0 saturated heterocycles. The van der Waals surface area contributed by atoms with Crippen molar-refractivity contribution in [2.24, 2.45) is 5.73 Å². The fraction of sp³-hybridized carbons (Fsp3) is 0.333. The lowest BCUT2D eigenvalue weighted by Crippen LogP contribution is -2.44. The SMILES string of the molecule is CC(c1ccc(Cl)cc1)N(C)CC(C)(N)c1ccccc1. The molecule has 0 spiro atoms. The number of hydrogen-bond donors (Lipinski definition) is 1. The minimum absolute atomic E-state index is 0.286. The molecule has 2 N–H and O–H groups in total. The second-order valence-corrected chi connectivity index (χ2v) is 6.36. The maximum atomic E-state index is 6.52. The van der Waals surface area contributed by atoms with Gasteiger partial charge in [0.1, 0.15) is 0 Å². The van der Waals surface area contributed by atoms with Crippen LogP contribution in [0.5, 0.6) is 0 Å². The van der Waals surface area contributed by atoms with Gasteiger partial charge in [0.25, 0.3) is 0 Å². The summed E-state index contributed by atoms with van der Waals surface area (Å²) in [7, 11) is 2.10. The lowest BCUT2D eigenvalue weighted by molar-refractivity contribution is 0.207. The molecule has 0 aliphatic carbocycles. The van der Waals surface area contributed by atoms with Crippen LogP contribution in [-0.4, -0.2) is 18.5 Å². The maximum Gasteiger partial charge on any atom is 0.0510 e. The largest absolute Gasteiger partial charge is 0.321 e. The Morgan fingerprint density at radius 3 is 2.24 bits per heavy atom. The van der Waals surface area contributed by atoms with Crippen molar-refractivity contribution in [3.63, 3.8) is 0 Å². The highest BCUT2D eigenvalue weighted by Gasteiger charge is 2.25. The van der Waals surface area contributed by atoms with Gasteiger partial charge in [-0.15, -0.1) is 0 Å². The summed E-state index contributed by atoms with van der Waals surface area (Å²) in [5.74, 6) is 0. The average Bonchev–Trinajstić information content (AvgIpc) is 2.48. The number of nitrogens with two attached hydrogens (primary N) is 1. The molecule has 0 aliphatic rings. The number of benzene rings is 2. The van der Waals surface area contributed by atoms with Gasteiger partial charge in [-0.1, -0.05) is 54.1 Å². The number of hydrogen-bond acceptors (Lipinski definition) is 2. The molecular weight excluding hydrogens is 280 g/mol. The van der Waals surface area contributed by atoms with E-state index >= 15 is 0 Å². The molecular formula is C18H23ClN2. The third-order valence-corrected chi connectivity index (χ3v) is 4.28. The summed E-state index contributed by atoms with van der Waals surface area (Å²) >= 11 is 5.95. The van der Waals surface area contributed by atoms with Crippen molar-refractivity contribution in [3.05, 3.63) is 70.7 Å². The van der Waals surface area contributed by atoms with Gasteiger partial charge in [0.15, 0.2) is 0 Å². The van der Waals surface area contributed by atoms with Crippen LogP contribution in [0.25, 0.3) is 0 Å². The zero-order valence-electron chi connectivity index (χ0n) is 12.9. The van der Waals surface area contributed by atoms with E-state index in [0.29, 0.717) is 0 Å². The summed E-state index contributed by atoms with van der Waals surface area (Å²) in [5, 5.41) is 0.765. The van der Waals surface area contributed by atoms with Crippen LogP contribution < -0.4 is 5.73 Å². The van der Waals surface area contributed by atoms with E-state index in [4.69, 9.17) is 17.3 Å². The van der Waals surface area contributed by atoms with Gasteiger partial charge in [-0.2, -0.15) is 0 Å². The van der Waals surface area contributed by atoms with Gasteiger partial charge in [0.2, 0.25) is 0 Å². The molecule has 0 amide bonds. The van der Waals surface area contributed by atoms with Crippen LogP contribution in [0, 0.1) is 0 Å². The van der Waals surface area contributed by atoms with Gasteiger partial charge in [0.05, 0.1) is 5.54 Å². The van der Waals surface area contributed by atoms with Crippen molar-refractivity contribution in [1.82, 2.24) is 4.90 Å². The monoisotopic (exact) mass is 302 g/mol. The molecule has 0 fully saturated rings. The van der Waals surface area contributed by atoms with Gasteiger partial charge >= 0.3 is 0 Å². The normalized spacial score (nSPS) is 15.7. The first kappa shape index (κ1) is 16.0. The van der Waals surface area contributed by atoms with E-state index in [0.717, 1.165) is 17.1 Å². The van der Waals surface area contributed by atoms with Crippen LogP contribution in [0.4, 0.5) is 0 Å². The van der Waals surface area contributed by atoms with Crippen molar-refractivity contribution in [1.29, 1.82) is 0 Å². The molecule has 2 rings (SSSR count). The number of nitrogens with zero attached hydrogens (tertiary/aromatic N) is 1. The fourth-order valence-electron chi connectivity index (χ4n) is 2.56. The van der Waals surface area contributed by atoms with Crippen molar-refractivity contribution in [2.75, 3.05) is 13.6 Å². The van der Waals surface area contributed by atoms with Crippen LogP contribution in [0.3, 0.4) is 0 Å². The summed E-state index contributed by atoms with van der Waals surface area (Å²) in [5.41, 5.74) is 8.53. The first-order chi connectivity index (χ1) is 9.90. The molecule has 0 bridgehead atoms. The predicted molar refractivity (Wildman–Crippen MR) is 90.5 cm³/mol. The van der Waals surface area contributed by atoms with Crippen molar-refractivity contribution < 1.29 is 0 Å². The summed E-state index contributed by atoms with van der Waals surface area (Å²) in [4.78, 5) is 2.27. The Labute approximate surface area is 132 Å². The van der Waals surface area contributed by atoms with E-state index in [1.807, 2.05) is 30.3 Å². The molecule has 2 nitrogen and oxygen atoms in total. The number of rotatable bonds is 5. The highest BCUT2D eigenvalue weighted by molar-refractivity contribution is 6.30. The van der Waals surface area contributed by atoms with E-state index in [9.17, 15) is 0 Å². The van der Waals surface area contributed by atoms with Gasteiger partial charge in [-0.3, -0.25) is 4.90 Å². The zero-order valence-corrected chi connectivity index (χ0v) is 13.6. The molecule has 3 heteroatoms. The van der Waals surface area contributed by atoms with Crippen LogP contribution in [-0.2, 0) is 5.54 Å². The lowest BCUT2D eigenvalue weighted by Gasteiger charge is -2.34. The van der Waals surface area contributed by atoms with Crippen molar-refractivity contribution >= 4 is 11.6 Å². The zero-order chi connectivity index (χ0) is 15.5. The van der Waals surface area contributed by atoms with E-state index in [2.05, 4.69) is 50.1 Å². The Morgan fingerprint density at radius 1 is 1.10 bits per heavy atom. The maximum absolute atomic E-state index is 6.52. The molecule has 0 aliphatic heterocycles. The Balaban J connectivity index is 2.10. The first-order valence-electron chi connectivity index (χ1n) is 7.20. The Kier molecular flexibility index (Phi) is 5.04. The highest BCUT2D eigenvalue weighted by atomic mass is 35.5. The first-order valence-corrected chi connectivity index (χ1v) is 7.58. The minimum Gasteiger partial charge on any atom is -0.321 e. The highest BCUT2D eigenvalue weighted by Crippen LogP contribution is 2.25. The third kappa shape index (κ3) is 4.07. The molecule has 21 heavy (non-hydrogen) atoms. The van der Waals surface area contributed by atoms with Crippen LogP contribution >= 0.6 is 11.6 Å².